The number of thiophene rings is 1. The molecule has 0 amide bonds. The summed E-state index contributed by atoms with van der Waals surface area (Å²) in [4.78, 5) is 17.5. The Morgan fingerprint density at radius 1 is 1.47 bits per heavy atom. The highest BCUT2D eigenvalue weighted by molar-refractivity contribution is 7.14. The predicted molar refractivity (Wildman–Crippen MR) is 78.6 cm³/mol. The van der Waals surface area contributed by atoms with Crippen LogP contribution in [-0.2, 0) is 11.3 Å². The minimum absolute atomic E-state index is 0.528. The molecular formula is C13H16N2O2S2. The molecule has 0 aliphatic rings. The monoisotopic (exact) mass is 296 g/mol. The van der Waals surface area contributed by atoms with Crippen molar-refractivity contribution in [3.63, 3.8) is 0 Å². The maximum atomic E-state index is 11.2. The number of hydrogen-bond donors (Lipinski definition) is 1. The number of carboxylic acid groups (broad SMARTS) is 1. The lowest BCUT2D eigenvalue weighted by atomic mass is 10.0. The molecule has 1 N–H and O–H groups in total. The summed E-state index contributed by atoms with van der Waals surface area (Å²) < 4.78 is 0. The fourth-order valence-electron chi connectivity index (χ4n) is 1.50. The quantitative estimate of drug-likeness (QED) is 0.921. The Kier molecular flexibility index (Phi) is 4.03. The third-order valence-electron chi connectivity index (χ3n) is 3.20. The average Bonchev–Trinajstić information content (AvgIpc) is 2.97. The fraction of sp³-hybridized carbons (Fsp3) is 0.385. The largest absolute Gasteiger partial charge is 0.480 e. The minimum Gasteiger partial charge on any atom is -0.480 e. The molecule has 0 aliphatic carbocycles. The third kappa shape index (κ3) is 3.02. The summed E-state index contributed by atoms with van der Waals surface area (Å²) in [5.74, 6) is -0.830. The van der Waals surface area contributed by atoms with Gasteiger partial charge in [-0.1, -0.05) is 0 Å². The van der Waals surface area contributed by atoms with Crippen LogP contribution in [0.2, 0.25) is 0 Å². The zero-order valence-corrected chi connectivity index (χ0v) is 12.7. The first kappa shape index (κ1) is 14.2. The molecule has 2 aromatic rings. The minimum atomic E-state index is -0.897. The number of thiazole rings is 1. The Bertz CT molecular complexity index is 561. The van der Waals surface area contributed by atoms with E-state index in [-0.39, 0.29) is 0 Å². The number of rotatable bonds is 5. The number of carboxylic acids is 1. The molecule has 0 fully saturated rings. The molecule has 0 radical (unpaired) electrons. The molecule has 0 saturated carbocycles. The first-order valence-corrected chi connectivity index (χ1v) is 7.65. The van der Waals surface area contributed by atoms with Gasteiger partial charge in [-0.15, -0.1) is 11.3 Å². The lowest BCUT2D eigenvalue weighted by Gasteiger charge is -2.30. The molecule has 102 valence electrons. The maximum absolute atomic E-state index is 11.2. The van der Waals surface area contributed by atoms with Crippen molar-refractivity contribution in [2.24, 2.45) is 0 Å². The summed E-state index contributed by atoms with van der Waals surface area (Å²) in [6.45, 7) is 3.92. The van der Waals surface area contributed by atoms with E-state index in [1.54, 1.807) is 48.5 Å². The highest BCUT2D eigenvalue weighted by atomic mass is 32.1. The zero-order valence-electron chi connectivity index (χ0n) is 11.1. The van der Waals surface area contributed by atoms with Crippen LogP contribution in [0, 0.1) is 0 Å². The van der Waals surface area contributed by atoms with Crippen molar-refractivity contribution in [1.82, 2.24) is 9.88 Å². The van der Waals surface area contributed by atoms with Gasteiger partial charge in [-0.25, -0.2) is 4.98 Å². The van der Waals surface area contributed by atoms with Gasteiger partial charge in [-0.05, 0) is 32.3 Å². The van der Waals surface area contributed by atoms with E-state index in [1.165, 1.54) is 0 Å². The van der Waals surface area contributed by atoms with Crippen LogP contribution in [0.15, 0.2) is 22.2 Å². The molecule has 4 nitrogen and oxygen atoms in total. The van der Waals surface area contributed by atoms with Crippen LogP contribution >= 0.6 is 22.7 Å². The van der Waals surface area contributed by atoms with Crippen LogP contribution in [0.5, 0.6) is 0 Å². The molecule has 0 unspecified atom stereocenters. The van der Waals surface area contributed by atoms with Crippen molar-refractivity contribution in [3.05, 3.63) is 27.9 Å². The Labute approximate surface area is 120 Å². The Hall–Kier alpha value is -1.24. The lowest BCUT2D eigenvalue weighted by Crippen LogP contribution is -2.47. The molecule has 0 aromatic carbocycles. The van der Waals surface area contributed by atoms with E-state index in [1.807, 2.05) is 16.8 Å². The van der Waals surface area contributed by atoms with Crippen LogP contribution in [-0.4, -0.2) is 33.5 Å². The van der Waals surface area contributed by atoms with Crippen molar-refractivity contribution in [2.45, 2.75) is 25.9 Å². The van der Waals surface area contributed by atoms with Crippen molar-refractivity contribution in [1.29, 1.82) is 0 Å². The van der Waals surface area contributed by atoms with Gasteiger partial charge in [0.05, 0.1) is 5.69 Å². The summed E-state index contributed by atoms with van der Waals surface area (Å²) in [5.41, 5.74) is 1.14. The molecule has 0 saturated heterocycles. The SMILES string of the molecule is CN(Cc1csc(-c2ccsc2)n1)C(C)(C)C(=O)O. The van der Waals surface area contributed by atoms with Gasteiger partial charge in [-0.2, -0.15) is 11.3 Å². The van der Waals surface area contributed by atoms with E-state index in [4.69, 9.17) is 0 Å². The van der Waals surface area contributed by atoms with E-state index >= 15 is 0 Å². The van der Waals surface area contributed by atoms with E-state index < -0.39 is 11.5 Å². The standard InChI is InChI=1S/C13H16N2O2S2/c1-13(2,12(16)17)15(3)6-10-8-19-11(14-10)9-4-5-18-7-9/h4-5,7-8H,6H2,1-3H3,(H,16,17). The molecular weight excluding hydrogens is 280 g/mol. The van der Waals surface area contributed by atoms with Crippen LogP contribution in [0.1, 0.15) is 19.5 Å². The van der Waals surface area contributed by atoms with Crippen LogP contribution in [0.3, 0.4) is 0 Å². The number of aliphatic carboxylic acids is 1. The second kappa shape index (κ2) is 5.40. The first-order chi connectivity index (χ1) is 8.91. The third-order valence-corrected chi connectivity index (χ3v) is 4.82. The molecule has 2 rings (SSSR count). The van der Waals surface area contributed by atoms with E-state index in [9.17, 15) is 9.90 Å². The predicted octanol–water partition coefficient (Wildman–Crippen LogP) is 3.17. The van der Waals surface area contributed by atoms with Crippen LogP contribution in [0.4, 0.5) is 0 Å². The fourth-order valence-corrected chi connectivity index (χ4v) is 3.03. The molecule has 2 heterocycles. The average molecular weight is 296 g/mol. The van der Waals surface area contributed by atoms with Gasteiger partial charge in [0.1, 0.15) is 10.5 Å². The second-order valence-corrected chi connectivity index (χ2v) is 6.51. The molecule has 0 bridgehead atoms. The summed E-state index contributed by atoms with van der Waals surface area (Å²) in [6.07, 6.45) is 0. The van der Waals surface area contributed by atoms with E-state index in [2.05, 4.69) is 10.4 Å². The van der Waals surface area contributed by atoms with Gasteiger partial charge in [0, 0.05) is 22.9 Å². The molecule has 0 aliphatic heterocycles. The van der Waals surface area contributed by atoms with Crippen molar-refractivity contribution in [3.8, 4) is 10.6 Å². The summed E-state index contributed by atoms with van der Waals surface area (Å²) in [7, 11) is 1.80. The summed E-state index contributed by atoms with van der Waals surface area (Å²) in [6, 6.07) is 2.04. The van der Waals surface area contributed by atoms with Crippen molar-refractivity contribution < 1.29 is 9.90 Å². The highest BCUT2D eigenvalue weighted by Crippen LogP contribution is 2.26. The molecule has 19 heavy (non-hydrogen) atoms. The molecule has 2 aromatic heterocycles. The Morgan fingerprint density at radius 2 is 2.21 bits per heavy atom. The molecule has 6 heteroatoms. The van der Waals surface area contributed by atoms with Gasteiger partial charge >= 0.3 is 5.97 Å². The van der Waals surface area contributed by atoms with Gasteiger partial charge in [0.2, 0.25) is 0 Å². The van der Waals surface area contributed by atoms with Crippen LogP contribution in [0.25, 0.3) is 10.6 Å². The number of aromatic nitrogens is 1. The van der Waals surface area contributed by atoms with Crippen molar-refractivity contribution in [2.75, 3.05) is 7.05 Å². The van der Waals surface area contributed by atoms with Crippen LogP contribution < -0.4 is 0 Å². The van der Waals surface area contributed by atoms with Gasteiger partial charge in [0.25, 0.3) is 0 Å². The van der Waals surface area contributed by atoms with Crippen molar-refractivity contribution >= 4 is 28.6 Å². The van der Waals surface area contributed by atoms with E-state index in [0.717, 1.165) is 16.3 Å². The molecule has 0 atom stereocenters. The topological polar surface area (TPSA) is 53.4 Å². The Balaban J connectivity index is 2.11. The maximum Gasteiger partial charge on any atom is 0.323 e. The normalized spacial score (nSPS) is 12.0. The smallest absolute Gasteiger partial charge is 0.323 e. The number of carbonyl (C=O) groups is 1. The highest BCUT2D eigenvalue weighted by Gasteiger charge is 2.32. The number of hydrogen-bond acceptors (Lipinski definition) is 5. The van der Waals surface area contributed by atoms with Gasteiger partial charge in [0.15, 0.2) is 0 Å². The second-order valence-electron chi connectivity index (χ2n) is 4.88. The summed E-state index contributed by atoms with van der Waals surface area (Å²) >= 11 is 3.23. The zero-order chi connectivity index (χ0) is 14.0. The van der Waals surface area contributed by atoms with Gasteiger partial charge < -0.3 is 5.11 Å². The van der Waals surface area contributed by atoms with E-state index in [0.29, 0.717) is 6.54 Å². The van der Waals surface area contributed by atoms with Gasteiger partial charge in [-0.3, -0.25) is 9.69 Å². The Morgan fingerprint density at radius 3 is 2.79 bits per heavy atom. The first-order valence-electron chi connectivity index (χ1n) is 5.83. The number of likely N-dealkylation sites (N-methyl/N-ethyl adjacent to an activating group) is 1. The summed E-state index contributed by atoms with van der Waals surface area (Å²) in [5, 5.41) is 16.2. The number of nitrogens with zero attached hydrogens (tertiary/aromatic N) is 2. The molecule has 0 spiro atoms. The lowest BCUT2D eigenvalue weighted by molar-refractivity contribution is -0.148.